The molecular weight excluding hydrogens is 232 g/mol. The SMILES string of the molecule is N#Cc1cccc(C#Cc2ncc(C=O)s2)c1. The summed E-state index contributed by atoms with van der Waals surface area (Å²) < 4.78 is 0. The van der Waals surface area contributed by atoms with Gasteiger partial charge in [0.05, 0.1) is 16.5 Å². The van der Waals surface area contributed by atoms with Gasteiger partial charge < -0.3 is 0 Å². The molecule has 0 saturated carbocycles. The summed E-state index contributed by atoms with van der Waals surface area (Å²) in [6.45, 7) is 0. The maximum absolute atomic E-state index is 10.5. The zero-order chi connectivity index (χ0) is 12.1. The van der Waals surface area contributed by atoms with Gasteiger partial charge in [-0.05, 0) is 24.1 Å². The number of hydrogen-bond donors (Lipinski definition) is 0. The molecule has 0 aliphatic heterocycles. The molecule has 0 aliphatic carbocycles. The van der Waals surface area contributed by atoms with E-state index in [4.69, 9.17) is 5.26 Å². The number of nitrogens with zero attached hydrogens (tertiary/aromatic N) is 2. The average molecular weight is 238 g/mol. The van der Waals surface area contributed by atoms with E-state index < -0.39 is 0 Å². The Kier molecular flexibility index (Phi) is 3.30. The van der Waals surface area contributed by atoms with Crippen molar-refractivity contribution in [2.45, 2.75) is 0 Å². The summed E-state index contributed by atoms with van der Waals surface area (Å²) in [5, 5.41) is 9.33. The molecule has 17 heavy (non-hydrogen) atoms. The van der Waals surface area contributed by atoms with Gasteiger partial charge in [-0.1, -0.05) is 12.0 Å². The molecule has 0 aliphatic rings. The Hall–Kier alpha value is -2.43. The highest BCUT2D eigenvalue weighted by atomic mass is 32.1. The van der Waals surface area contributed by atoms with Gasteiger partial charge in [-0.15, -0.1) is 11.3 Å². The standard InChI is InChI=1S/C13H6N2OS/c14-7-11-3-1-2-10(6-11)4-5-13-15-8-12(9-16)17-13/h1-3,6,8-9H. The first-order valence-corrected chi connectivity index (χ1v) is 5.56. The first-order valence-electron chi connectivity index (χ1n) is 4.75. The highest BCUT2D eigenvalue weighted by molar-refractivity contribution is 7.13. The second-order valence-corrected chi connectivity index (χ2v) is 4.19. The lowest BCUT2D eigenvalue weighted by Crippen LogP contribution is -1.77. The monoisotopic (exact) mass is 238 g/mol. The summed E-state index contributed by atoms with van der Waals surface area (Å²) in [5.41, 5.74) is 1.33. The van der Waals surface area contributed by atoms with E-state index >= 15 is 0 Å². The van der Waals surface area contributed by atoms with Crippen LogP contribution in [0.15, 0.2) is 30.5 Å². The van der Waals surface area contributed by atoms with Crippen LogP contribution >= 0.6 is 11.3 Å². The van der Waals surface area contributed by atoms with Crippen LogP contribution in [0.4, 0.5) is 0 Å². The van der Waals surface area contributed by atoms with Crippen LogP contribution in [0.2, 0.25) is 0 Å². The fraction of sp³-hybridized carbons (Fsp3) is 0. The Morgan fingerprint density at radius 3 is 2.82 bits per heavy atom. The van der Waals surface area contributed by atoms with Gasteiger partial charge in [0, 0.05) is 11.8 Å². The third-order valence-electron chi connectivity index (χ3n) is 1.95. The highest BCUT2D eigenvalue weighted by Gasteiger charge is 1.96. The van der Waals surface area contributed by atoms with E-state index in [9.17, 15) is 4.79 Å². The van der Waals surface area contributed by atoms with Gasteiger partial charge in [0.1, 0.15) is 0 Å². The van der Waals surface area contributed by atoms with E-state index in [1.54, 1.807) is 18.2 Å². The molecule has 3 nitrogen and oxygen atoms in total. The number of benzene rings is 1. The van der Waals surface area contributed by atoms with Crippen LogP contribution in [-0.4, -0.2) is 11.3 Å². The Morgan fingerprint density at radius 1 is 1.29 bits per heavy atom. The van der Waals surface area contributed by atoms with Gasteiger partial charge >= 0.3 is 0 Å². The number of hydrogen-bond acceptors (Lipinski definition) is 4. The van der Waals surface area contributed by atoms with Crippen molar-refractivity contribution in [2.24, 2.45) is 0 Å². The fourth-order valence-electron chi connectivity index (χ4n) is 1.19. The predicted molar refractivity (Wildman–Crippen MR) is 64.6 cm³/mol. The smallest absolute Gasteiger partial charge is 0.167 e. The Morgan fingerprint density at radius 2 is 2.12 bits per heavy atom. The first-order chi connectivity index (χ1) is 8.31. The van der Waals surface area contributed by atoms with E-state index in [0.29, 0.717) is 15.4 Å². The second kappa shape index (κ2) is 5.07. The molecule has 0 unspecified atom stereocenters. The quantitative estimate of drug-likeness (QED) is 0.565. The summed E-state index contributed by atoms with van der Waals surface area (Å²) >= 11 is 1.24. The summed E-state index contributed by atoms with van der Waals surface area (Å²) in [6, 6.07) is 9.08. The van der Waals surface area contributed by atoms with Crippen molar-refractivity contribution in [2.75, 3.05) is 0 Å². The van der Waals surface area contributed by atoms with Crippen molar-refractivity contribution >= 4 is 17.6 Å². The summed E-state index contributed by atoms with van der Waals surface area (Å²) in [7, 11) is 0. The van der Waals surface area contributed by atoms with E-state index in [0.717, 1.165) is 11.8 Å². The van der Waals surface area contributed by atoms with Crippen LogP contribution in [0.5, 0.6) is 0 Å². The maximum Gasteiger partial charge on any atom is 0.167 e. The lowest BCUT2D eigenvalue weighted by molar-refractivity contribution is 0.112. The zero-order valence-corrected chi connectivity index (χ0v) is 9.49. The Bertz CT molecular complexity index is 656. The molecule has 4 heteroatoms. The number of nitriles is 1. The summed E-state index contributed by atoms with van der Waals surface area (Å²) in [4.78, 5) is 15.0. The molecule has 0 spiro atoms. The van der Waals surface area contributed by atoms with Gasteiger partial charge in [0.15, 0.2) is 11.3 Å². The van der Waals surface area contributed by atoms with Crippen molar-refractivity contribution in [3.05, 3.63) is 51.5 Å². The van der Waals surface area contributed by atoms with Gasteiger partial charge in [-0.2, -0.15) is 5.26 Å². The van der Waals surface area contributed by atoms with E-state index in [-0.39, 0.29) is 0 Å². The van der Waals surface area contributed by atoms with Crippen LogP contribution in [0, 0.1) is 23.2 Å². The number of carbonyl (C=O) groups excluding carboxylic acids is 1. The number of rotatable bonds is 1. The molecule has 2 rings (SSSR count). The highest BCUT2D eigenvalue weighted by Crippen LogP contribution is 2.09. The van der Waals surface area contributed by atoms with Crippen molar-refractivity contribution in [1.82, 2.24) is 4.98 Å². The molecule has 0 saturated heterocycles. The summed E-state index contributed by atoms with van der Waals surface area (Å²) in [6.07, 6.45) is 2.24. The number of aromatic nitrogens is 1. The topological polar surface area (TPSA) is 53.8 Å². The minimum Gasteiger partial charge on any atom is -0.297 e. The largest absolute Gasteiger partial charge is 0.297 e. The second-order valence-electron chi connectivity index (χ2n) is 3.13. The molecule has 80 valence electrons. The molecule has 0 bridgehead atoms. The van der Waals surface area contributed by atoms with Crippen molar-refractivity contribution in [3.63, 3.8) is 0 Å². The molecule has 0 radical (unpaired) electrons. The van der Waals surface area contributed by atoms with Gasteiger partial charge in [-0.25, -0.2) is 4.98 Å². The molecule has 0 amide bonds. The van der Waals surface area contributed by atoms with Crippen LogP contribution in [-0.2, 0) is 0 Å². The molecule has 1 heterocycles. The van der Waals surface area contributed by atoms with Gasteiger partial charge in [0.2, 0.25) is 0 Å². The van der Waals surface area contributed by atoms with Crippen molar-refractivity contribution < 1.29 is 4.79 Å². The molecule has 1 aromatic carbocycles. The lowest BCUT2D eigenvalue weighted by atomic mass is 10.1. The molecular formula is C13H6N2OS. The minimum atomic E-state index is 0.556. The van der Waals surface area contributed by atoms with Crippen molar-refractivity contribution in [1.29, 1.82) is 5.26 Å². The minimum absolute atomic E-state index is 0.556. The Balaban J connectivity index is 2.26. The van der Waals surface area contributed by atoms with Crippen LogP contribution in [0.1, 0.15) is 25.8 Å². The normalized spacial score (nSPS) is 8.88. The molecule has 1 aromatic heterocycles. The van der Waals surface area contributed by atoms with E-state index in [2.05, 4.69) is 22.9 Å². The molecule has 0 N–H and O–H groups in total. The molecule has 0 atom stereocenters. The average Bonchev–Trinajstić information content (AvgIpc) is 2.84. The third-order valence-corrected chi connectivity index (χ3v) is 2.78. The number of carbonyl (C=O) groups is 1. The maximum atomic E-state index is 10.5. The van der Waals surface area contributed by atoms with Crippen molar-refractivity contribution in [3.8, 4) is 17.9 Å². The third kappa shape index (κ3) is 2.78. The number of thiazole rings is 1. The molecule has 0 fully saturated rings. The summed E-state index contributed by atoms with van der Waals surface area (Å²) in [5.74, 6) is 5.76. The lowest BCUT2D eigenvalue weighted by Gasteiger charge is -1.89. The fourth-order valence-corrected chi connectivity index (χ4v) is 1.78. The van der Waals surface area contributed by atoms with E-state index in [1.807, 2.05) is 6.07 Å². The van der Waals surface area contributed by atoms with Crippen LogP contribution in [0.3, 0.4) is 0 Å². The van der Waals surface area contributed by atoms with Gasteiger partial charge in [-0.3, -0.25) is 4.79 Å². The zero-order valence-electron chi connectivity index (χ0n) is 8.68. The molecule has 2 aromatic rings. The van der Waals surface area contributed by atoms with Crippen LogP contribution < -0.4 is 0 Å². The number of aldehydes is 1. The first kappa shape index (κ1) is 11.1. The van der Waals surface area contributed by atoms with Gasteiger partial charge in [0.25, 0.3) is 0 Å². The van der Waals surface area contributed by atoms with Crippen LogP contribution in [0.25, 0.3) is 0 Å². The predicted octanol–water partition coefficient (Wildman–Crippen LogP) is 2.23. The van der Waals surface area contributed by atoms with E-state index in [1.165, 1.54) is 17.5 Å². The Labute approximate surface area is 102 Å².